The molecule has 0 saturated heterocycles. The molecule has 0 spiro atoms. The van der Waals surface area contributed by atoms with E-state index in [1.165, 1.54) is 19.2 Å². The molecule has 1 amide bonds. The number of amides is 1. The fourth-order valence-corrected chi connectivity index (χ4v) is 4.59. The van der Waals surface area contributed by atoms with Gasteiger partial charge in [-0.1, -0.05) is 24.3 Å². The van der Waals surface area contributed by atoms with Gasteiger partial charge in [0, 0.05) is 18.3 Å². The highest BCUT2D eigenvalue weighted by Gasteiger charge is 2.21. The maximum absolute atomic E-state index is 13.2. The molecule has 2 aromatic heterocycles. The largest absolute Gasteiger partial charge is 0.496 e. The molecule has 0 saturated carbocycles. The van der Waals surface area contributed by atoms with Crippen molar-refractivity contribution in [3.8, 4) is 22.6 Å². The van der Waals surface area contributed by atoms with E-state index in [0.717, 1.165) is 27.8 Å². The lowest BCUT2D eigenvalue weighted by Gasteiger charge is -2.21. The van der Waals surface area contributed by atoms with Crippen LogP contribution in [0.4, 0.5) is 16.0 Å². The topological polar surface area (TPSA) is 110 Å². The summed E-state index contributed by atoms with van der Waals surface area (Å²) in [5.74, 6) is 0.747. The summed E-state index contributed by atoms with van der Waals surface area (Å²) in [6, 6.07) is 18.8. The number of carbonyl (C=O) groups is 1. The number of methoxy groups -OCH3 is 2. The van der Waals surface area contributed by atoms with Crippen molar-refractivity contribution in [2.75, 3.05) is 19.5 Å². The minimum Gasteiger partial charge on any atom is -0.496 e. The van der Waals surface area contributed by atoms with E-state index in [2.05, 4.69) is 20.7 Å². The second kappa shape index (κ2) is 11.5. The van der Waals surface area contributed by atoms with Crippen LogP contribution in [-0.2, 0) is 12.1 Å². The molecular formula is C32H32FN5O4. The van der Waals surface area contributed by atoms with Crippen molar-refractivity contribution in [2.45, 2.75) is 32.9 Å². The summed E-state index contributed by atoms with van der Waals surface area (Å²) in [5, 5.41) is 21.1. The standard InChI is InChI=1S/C32H32FN5O4/c1-19-14-23(32(2,3)40)16-27(42-5)29(19)36-31-35-28-13-9-22(18-38(28)37-31)21-8-12-25(26(15-21)41-4)30(39)34-17-20-6-10-24(33)11-7-20/h6-16,18,40H,17H2,1-5H3,(H,34,39)(H,36,37). The Kier molecular flexibility index (Phi) is 7.82. The van der Waals surface area contributed by atoms with Gasteiger partial charge in [-0.2, -0.15) is 4.98 Å². The van der Waals surface area contributed by atoms with Crippen LogP contribution < -0.4 is 20.1 Å². The summed E-state index contributed by atoms with van der Waals surface area (Å²) in [4.78, 5) is 17.5. The van der Waals surface area contributed by atoms with E-state index in [4.69, 9.17) is 9.47 Å². The highest BCUT2D eigenvalue weighted by molar-refractivity contribution is 5.97. The van der Waals surface area contributed by atoms with Crippen molar-refractivity contribution in [1.29, 1.82) is 0 Å². The number of aryl methyl sites for hydroxylation is 1. The molecule has 0 bridgehead atoms. The van der Waals surface area contributed by atoms with E-state index in [-0.39, 0.29) is 18.3 Å². The normalized spacial score (nSPS) is 11.4. The third-order valence-electron chi connectivity index (χ3n) is 6.94. The Bertz CT molecular complexity index is 1760. The number of ether oxygens (including phenoxy) is 2. The summed E-state index contributed by atoms with van der Waals surface area (Å²) < 4.78 is 25.9. The van der Waals surface area contributed by atoms with Crippen LogP contribution in [0.15, 0.2) is 72.9 Å². The van der Waals surface area contributed by atoms with Crippen molar-refractivity contribution >= 4 is 23.2 Å². The fraction of sp³-hybridized carbons (Fsp3) is 0.219. The highest BCUT2D eigenvalue weighted by atomic mass is 19.1. The lowest BCUT2D eigenvalue weighted by molar-refractivity contribution is 0.0783. The lowest BCUT2D eigenvalue weighted by Crippen LogP contribution is -2.23. The van der Waals surface area contributed by atoms with Gasteiger partial charge in [0.1, 0.15) is 17.3 Å². The molecule has 0 fully saturated rings. The van der Waals surface area contributed by atoms with Gasteiger partial charge in [-0.3, -0.25) is 4.79 Å². The van der Waals surface area contributed by atoms with E-state index in [9.17, 15) is 14.3 Å². The first-order chi connectivity index (χ1) is 20.0. The molecule has 2 heterocycles. The second-order valence-corrected chi connectivity index (χ2v) is 10.4. The molecule has 0 aliphatic carbocycles. The Morgan fingerprint density at radius 3 is 2.38 bits per heavy atom. The number of pyridine rings is 1. The predicted molar refractivity (Wildman–Crippen MR) is 159 cm³/mol. The summed E-state index contributed by atoms with van der Waals surface area (Å²) in [6.07, 6.45) is 1.85. The van der Waals surface area contributed by atoms with Gasteiger partial charge in [0.25, 0.3) is 5.91 Å². The van der Waals surface area contributed by atoms with Crippen LogP contribution in [0.2, 0.25) is 0 Å². The summed E-state index contributed by atoms with van der Waals surface area (Å²) in [7, 11) is 3.09. The van der Waals surface area contributed by atoms with Gasteiger partial charge in [0.05, 0.1) is 31.1 Å². The van der Waals surface area contributed by atoms with E-state index >= 15 is 0 Å². The highest BCUT2D eigenvalue weighted by Crippen LogP contribution is 2.35. The molecule has 5 rings (SSSR count). The predicted octanol–water partition coefficient (Wildman–Crippen LogP) is 5.76. The van der Waals surface area contributed by atoms with Crippen molar-refractivity contribution < 1.29 is 23.8 Å². The Morgan fingerprint density at radius 2 is 1.69 bits per heavy atom. The molecule has 42 heavy (non-hydrogen) atoms. The Labute approximate surface area is 242 Å². The number of rotatable bonds is 9. The Balaban J connectivity index is 1.37. The van der Waals surface area contributed by atoms with Crippen molar-refractivity contribution in [3.63, 3.8) is 0 Å². The number of hydrogen-bond acceptors (Lipinski definition) is 7. The quantitative estimate of drug-likeness (QED) is 0.207. The number of hydrogen-bond donors (Lipinski definition) is 3. The van der Waals surface area contributed by atoms with E-state index in [1.54, 1.807) is 55.8 Å². The molecule has 0 atom stereocenters. The van der Waals surface area contributed by atoms with Gasteiger partial charge in [-0.15, -0.1) is 5.10 Å². The van der Waals surface area contributed by atoms with Crippen LogP contribution >= 0.6 is 0 Å². The molecule has 10 heteroatoms. The number of halogens is 1. The maximum Gasteiger partial charge on any atom is 0.255 e. The average molecular weight is 570 g/mol. The molecule has 0 radical (unpaired) electrons. The zero-order valence-electron chi connectivity index (χ0n) is 24.0. The monoisotopic (exact) mass is 569 g/mol. The van der Waals surface area contributed by atoms with Gasteiger partial charge in [0.2, 0.25) is 5.95 Å². The number of carbonyl (C=O) groups excluding carboxylic acids is 1. The first kappa shape index (κ1) is 28.6. The van der Waals surface area contributed by atoms with Crippen LogP contribution in [0.25, 0.3) is 16.8 Å². The molecule has 216 valence electrons. The number of benzene rings is 3. The van der Waals surface area contributed by atoms with E-state index in [0.29, 0.717) is 34.3 Å². The van der Waals surface area contributed by atoms with E-state index in [1.807, 2.05) is 37.4 Å². The molecule has 0 unspecified atom stereocenters. The van der Waals surface area contributed by atoms with Crippen molar-refractivity contribution in [3.05, 3.63) is 101 Å². The minimum absolute atomic E-state index is 0.262. The van der Waals surface area contributed by atoms with Gasteiger partial charge in [0.15, 0.2) is 5.65 Å². The third-order valence-corrected chi connectivity index (χ3v) is 6.94. The molecule has 3 aromatic carbocycles. The molecular weight excluding hydrogens is 537 g/mol. The van der Waals surface area contributed by atoms with E-state index < -0.39 is 5.60 Å². The smallest absolute Gasteiger partial charge is 0.255 e. The number of anilines is 2. The Hall–Kier alpha value is -4.96. The molecule has 5 aromatic rings. The molecule has 0 aliphatic heterocycles. The maximum atomic E-state index is 13.2. The van der Waals surface area contributed by atoms with Crippen LogP contribution in [0.3, 0.4) is 0 Å². The molecule has 3 N–H and O–H groups in total. The van der Waals surface area contributed by atoms with Crippen LogP contribution in [-0.4, -0.2) is 39.8 Å². The molecule has 0 aliphatic rings. The van der Waals surface area contributed by atoms with Crippen LogP contribution in [0, 0.1) is 12.7 Å². The zero-order chi connectivity index (χ0) is 30.0. The fourth-order valence-electron chi connectivity index (χ4n) is 4.59. The van der Waals surface area contributed by atoms with Crippen LogP contribution in [0.5, 0.6) is 11.5 Å². The number of fused-ring (bicyclic) bond motifs is 1. The summed E-state index contributed by atoms with van der Waals surface area (Å²) in [6.45, 7) is 5.64. The van der Waals surface area contributed by atoms with Gasteiger partial charge in [-0.25, -0.2) is 8.91 Å². The number of aliphatic hydroxyl groups is 1. The first-order valence-electron chi connectivity index (χ1n) is 13.3. The summed E-state index contributed by atoms with van der Waals surface area (Å²) >= 11 is 0. The Morgan fingerprint density at radius 1 is 0.976 bits per heavy atom. The third kappa shape index (κ3) is 6.03. The van der Waals surface area contributed by atoms with Crippen molar-refractivity contribution in [2.24, 2.45) is 0 Å². The van der Waals surface area contributed by atoms with Gasteiger partial charge in [-0.05, 0) is 85.5 Å². The van der Waals surface area contributed by atoms with Gasteiger partial charge < -0.3 is 25.2 Å². The zero-order valence-corrected chi connectivity index (χ0v) is 24.0. The minimum atomic E-state index is -1.01. The number of nitrogens with one attached hydrogen (secondary N) is 2. The van der Waals surface area contributed by atoms with Crippen LogP contribution in [0.1, 0.15) is 40.9 Å². The molecule has 9 nitrogen and oxygen atoms in total. The first-order valence-corrected chi connectivity index (χ1v) is 13.3. The number of nitrogens with zero attached hydrogens (tertiary/aromatic N) is 3. The average Bonchev–Trinajstić information content (AvgIpc) is 3.38. The lowest BCUT2D eigenvalue weighted by atomic mass is 9.95. The van der Waals surface area contributed by atoms with Crippen molar-refractivity contribution in [1.82, 2.24) is 19.9 Å². The second-order valence-electron chi connectivity index (χ2n) is 10.4. The van der Waals surface area contributed by atoms with Gasteiger partial charge >= 0.3 is 0 Å². The SMILES string of the molecule is COc1cc(-c2ccc3nc(Nc4c(C)cc(C(C)(C)O)cc4OC)nn3c2)ccc1C(=O)NCc1ccc(F)cc1. The summed E-state index contributed by atoms with van der Waals surface area (Å²) in [5.41, 5.74) is 4.79. The number of aromatic nitrogens is 3.